The second-order valence-corrected chi connectivity index (χ2v) is 5.26. The van der Waals surface area contributed by atoms with Crippen molar-refractivity contribution in [2.45, 2.75) is 38.6 Å². The van der Waals surface area contributed by atoms with Gasteiger partial charge in [0.2, 0.25) is 0 Å². The molecule has 1 N–H and O–H groups in total. The first kappa shape index (κ1) is 12.8. The predicted molar refractivity (Wildman–Crippen MR) is 66.7 cm³/mol. The number of aromatic nitrogens is 4. The Hall–Kier alpha value is -0.680. The molecule has 0 unspecified atom stereocenters. The van der Waals surface area contributed by atoms with Crippen molar-refractivity contribution in [1.29, 1.82) is 0 Å². The van der Waals surface area contributed by atoms with Crippen molar-refractivity contribution in [3.8, 4) is 0 Å². The number of hydrogen-bond acceptors (Lipinski definition) is 4. The van der Waals surface area contributed by atoms with Gasteiger partial charge in [0.1, 0.15) is 0 Å². The monoisotopic (exact) mass is 257 g/mol. The van der Waals surface area contributed by atoms with Crippen LogP contribution in [0.15, 0.2) is 0 Å². The van der Waals surface area contributed by atoms with E-state index in [9.17, 15) is 0 Å². The molecule has 0 bridgehead atoms. The molecule has 0 radical (unpaired) electrons. The second kappa shape index (κ2) is 5.78. The summed E-state index contributed by atoms with van der Waals surface area (Å²) in [4.78, 5) is 1.48. The van der Waals surface area contributed by atoms with Gasteiger partial charge in [0, 0.05) is 12.4 Å². The van der Waals surface area contributed by atoms with E-state index in [-0.39, 0.29) is 5.41 Å². The number of alkyl halides is 1. The van der Waals surface area contributed by atoms with Gasteiger partial charge in [-0.15, -0.1) is 21.8 Å². The summed E-state index contributed by atoms with van der Waals surface area (Å²) in [5.74, 6) is 1.49. The van der Waals surface area contributed by atoms with Crippen LogP contribution in [0.1, 0.15) is 37.9 Å². The van der Waals surface area contributed by atoms with Crippen LogP contribution in [0.25, 0.3) is 0 Å². The zero-order chi connectivity index (χ0) is 12.1. The van der Waals surface area contributed by atoms with Crippen molar-refractivity contribution in [3.05, 3.63) is 5.82 Å². The molecule has 1 aliphatic rings. The number of hydrogen-bond donors (Lipinski definition) is 1. The summed E-state index contributed by atoms with van der Waals surface area (Å²) in [5.41, 5.74) is 0.280. The standard InChI is InChI=1S/C11H20ClN5/c1-17-15-10(14-16-17)7-13-9-11(8-12)5-3-2-4-6-11/h13H,2-9H2,1H3. The van der Waals surface area contributed by atoms with Gasteiger partial charge in [0.15, 0.2) is 5.82 Å². The van der Waals surface area contributed by atoms with Crippen LogP contribution in [-0.2, 0) is 13.6 Å². The van der Waals surface area contributed by atoms with Gasteiger partial charge in [0.25, 0.3) is 0 Å². The summed E-state index contributed by atoms with van der Waals surface area (Å²) in [6.45, 7) is 1.63. The van der Waals surface area contributed by atoms with Crippen LogP contribution in [-0.4, -0.2) is 32.6 Å². The van der Waals surface area contributed by atoms with Crippen LogP contribution in [0, 0.1) is 5.41 Å². The van der Waals surface area contributed by atoms with Gasteiger partial charge >= 0.3 is 0 Å². The van der Waals surface area contributed by atoms with Crippen LogP contribution < -0.4 is 5.32 Å². The molecule has 17 heavy (non-hydrogen) atoms. The summed E-state index contributed by atoms with van der Waals surface area (Å²) in [6.07, 6.45) is 6.43. The number of aryl methyl sites for hydroxylation is 1. The summed E-state index contributed by atoms with van der Waals surface area (Å²) in [7, 11) is 1.78. The van der Waals surface area contributed by atoms with Crippen molar-refractivity contribution >= 4 is 11.6 Å². The molecule has 1 aliphatic carbocycles. The van der Waals surface area contributed by atoms with E-state index in [1.54, 1.807) is 7.05 Å². The van der Waals surface area contributed by atoms with E-state index in [4.69, 9.17) is 11.6 Å². The summed E-state index contributed by atoms with van der Waals surface area (Å²) in [5, 5.41) is 15.3. The highest BCUT2D eigenvalue weighted by molar-refractivity contribution is 6.18. The SMILES string of the molecule is Cn1nnc(CNCC2(CCl)CCCCC2)n1. The highest BCUT2D eigenvalue weighted by Crippen LogP contribution is 2.36. The van der Waals surface area contributed by atoms with Gasteiger partial charge in [-0.2, -0.15) is 4.80 Å². The molecule has 0 aromatic carbocycles. The van der Waals surface area contributed by atoms with Gasteiger partial charge in [-0.25, -0.2) is 0 Å². The van der Waals surface area contributed by atoms with Crippen LogP contribution in [0.2, 0.25) is 0 Å². The van der Waals surface area contributed by atoms with Crippen LogP contribution in [0.5, 0.6) is 0 Å². The lowest BCUT2D eigenvalue weighted by Crippen LogP contribution is -2.37. The molecular formula is C11H20ClN5. The van der Waals surface area contributed by atoms with Crippen LogP contribution in [0.3, 0.4) is 0 Å². The Morgan fingerprint density at radius 3 is 2.71 bits per heavy atom. The van der Waals surface area contributed by atoms with Crippen molar-refractivity contribution in [3.63, 3.8) is 0 Å². The third-order valence-corrected chi connectivity index (χ3v) is 4.10. The smallest absolute Gasteiger partial charge is 0.188 e. The fourth-order valence-electron chi connectivity index (χ4n) is 2.49. The molecule has 1 saturated carbocycles. The zero-order valence-corrected chi connectivity index (χ0v) is 11.1. The van der Waals surface area contributed by atoms with Gasteiger partial charge in [0.05, 0.1) is 13.6 Å². The highest BCUT2D eigenvalue weighted by atomic mass is 35.5. The molecule has 0 spiro atoms. The maximum Gasteiger partial charge on any atom is 0.188 e. The first-order chi connectivity index (χ1) is 8.24. The Labute approximate surface area is 107 Å². The average molecular weight is 258 g/mol. The number of tetrazole rings is 1. The molecule has 0 aliphatic heterocycles. The first-order valence-corrected chi connectivity index (χ1v) is 6.77. The molecule has 1 aromatic heterocycles. The van der Waals surface area contributed by atoms with Crippen molar-refractivity contribution in [2.24, 2.45) is 12.5 Å². The molecule has 1 heterocycles. The Bertz CT molecular complexity index is 345. The fourth-order valence-corrected chi connectivity index (χ4v) is 2.85. The number of rotatable bonds is 5. The molecule has 6 heteroatoms. The summed E-state index contributed by atoms with van der Waals surface area (Å²) < 4.78 is 0. The third-order valence-electron chi connectivity index (χ3n) is 3.53. The molecule has 2 rings (SSSR count). The topological polar surface area (TPSA) is 55.6 Å². The van der Waals surface area contributed by atoms with E-state index in [1.165, 1.54) is 36.9 Å². The second-order valence-electron chi connectivity index (χ2n) is 4.99. The molecule has 96 valence electrons. The Morgan fingerprint density at radius 1 is 1.35 bits per heavy atom. The summed E-state index contributed by atoms with van der Waals surface area (Å²) >= 11 is 6.14. The summed E-state index contributed by atoms with van der Waals surface area (Å²) in [6, 6.07) is 0. The van der Waals surface area contributed by atoms with E-state index in [2.05, 4.69) is 20.7 Å². The van der Waals surface area contributed by atoms with Crippen LogP contribution >= 0.6 is 11.6 Å². The highest BCUT2D eigenvalue weighted by Gasteiger charge is 2.30. The Kier molecular flexibility index (Phi) is 4.34. The number of nitrogens with one attached hydrogen (secondary N) is 1. The predicted octanol–water partition coefficient (Wildman–Crippen LogP) is 1.49. The maximum atomic E-state index is 6.14. The van der Waals surface area contributed by atoms with E-state index in [0.717, 1.165) is 18.2 Å². The van der Waals surface area contributed by atoms with Gasteiger partial charge in [-0.3, -0.25) is 0 Å². The van der Waals surface area contributed by atoms with Crippen molar-refractivity contribution < 1.29 is 0 Å². The quantitative estimate of drug-likeness (QED) is 0.812. The number of nitrogens with zero attached hydrogens (tertiary/aromatic N) is 4. The molecule has 0 amide bonds. The molecular weight excluding hydrogens is 238 g/mol. The lowest BCUT2D eigenvalue weighted by Gasteiger charge is -2.35. The van der Waals surface area contributed by atoms with E-state index >= 15 is 0 Å². The maximum absolute atomic E-state index is 6.14. The van der Waals surface area contributed by atoms with E-state index in [0.29, 0.717) is 6.54 Å². The third kappa shape index (κ3) is 3.39. The molecule has 1 aromatic rings. The lowest BCUT2D eigenvalue weighted by atomic mass is 9.75. The molecule has 0 saturated heterocycles. The first-order valence-electron chi connectivity index (χ1n) is 6.24. The van der Waals surface area contributed by atoms with Crippen molar-refractivity contribution in [1.82, 2.24) is 25.5 Å². The molecule has 0 atom stereocenters. The van der Waals surface area contributed by atoms with Crippen LogP contribution in [0.4, 0.5) is 0 Å². The van der Waals surface area contributed by atoms with E-state index in [1.807, 2.05) is 0 Å². The minimum absolute atomic E-state index is 0.280. The Morgan fingerprint density at radius 2 is 2.12 bits per heavy atom. The lowest BCUT2D eigenvalue weighted by molar-refractivity contribution is 0.211. The largest absolute Gasteiger partial charge is 0.309 e. The van der Waals surface area contributed by atoms with Crippen molar-refractivity contribution in [2.75, 3.05) is 12.4 Å². The van der Waals surface area contributed by atoms with Gasteiger partial charge in [-0.1, -0.05) is 19.3 Å². The normalized spacial score (nSPS) is 19.4. The minimum atomic E-state index is 0.280. The molecule has 5 nitrogen and oxygen atoms in total. The minimum Gasteiger partial charge on any atom is -0.309 e. The molecule has 1 fully saturated rings. The zero-order valence-electron chi connectivity index (χ0n) is 10.3. The van der Waals surface area contributed by atoms with Gasteiger partial charge < -0.3 is 5.32 Å². The van der Waals surface area contributed by atoms with E-state index < -0.39 is 0 Å². The fraction of sp³-hybridized carbons (Fsp3) is 0.909. The number of halogens is 1. The van der Waals surface area contributed by atoms with Gasteiger partial charge in [-0.05, 0) is 23.5 Å². The Balaban J connectivity index is 1.79. The average Bonchev–Trinajstić information content (AvgIpc) is 2.76.